The topological polar surface area (TPSA) is 96.8 Å². The van der Waals surface area contributed by atoms with Crippen LogP contribution in [0, 0.1) is 12.7 Å². The van der Waals surface area contributed by atoms with E-state index >= 15 is 0 Å². The zero-order chi connectivity index (χ0) is 22.1. The summed E-state index contributed by atoms with van der Waals surface area (Å²) in [5.41, 5.74) is 1.20. The van der Waals surface area contributed by atoms with Crippen LogP contribution in [0.25, 0.3) is 10.8 Å². The van der Waals surface area contributed by atoms with Crippen molar-refractivity contribution >= 4 is 29.2 Å². The van der Waals surface area contributed by atoms with Gasteiger partial charge in [-0.25, -0.2) is 14.4 Å². The van der Waals surface area contributed by atoms with E-state index in [0.717, 1.165) is 5.69 Å². The molecular weight excluding hydrogens is 435 g/mol. The molecule has 11 heteroatoms. The number of carbonyl (C=O) groups is 2. The Morgan fingerprint density at radius 1 is 1.22 bits per heavy atom. The fourth-order valence-corrected chi connectivity index (χ4v) is 5.21. The van der Waals surface area contributed by atoms with E-state index in [4.69, 9.17) is 9.72 Å². The van der Waals surface area contributed by atoms with Crippen LogP contribution in [0.5, 0.6) is 0 Å². The van der Waals surface area contributed by atoms with Crippen LogP contribution in [-0.2, 0) is 16.1 Å². The van der Waals surface area contributed by atoms with Gasteiger partial charge in [0.25, 0.3) is 11.8 Å². The minimum absolute atomic E-state index is 0.0945. The molecule has 6 rings (SSSR count). The molecule has 0 bridgehead atoms. The number of ether oxygens (including phenoxy) is 1. The van der Waals surface area contributed by atoms with Crippen LogP contribution >= 0.6 is 11.5 Å². The fourth-order valence-electron chi connectivity index (χ4n) is 4.54. The van der Waals surface area contributed by atoms with Crippen LogP contribution in [0.15, 0.2) is 24.3 Å². The van der Waals surface area contributed by atoms with Gasteiger partial charge in [0.2, 0.25) is 0 Å². The van der Waals surface area contributed by atoms with Crippen LogP contribution in [-0.4, -0.2) is 60.9 Å². The Kier molecular flexibility index (Phi) is 4.21. The minimum atomic E-state index is -0.393. The Morgan fingerprint density at radius 3 is 2.66 bits per heavy atom. The third-order valence-corrected chi connectivity index (χ3v) is 7.00. The molecule has 2 saturated heterocycles. The number of epoxide rings is 1. The van der Waals surface area contributed by atoms with Gasteiger partial charge in [-0.05, 0) is 49.6 Å². The van der Waals surface area contributed by atoms with E-state index in [1.165, 1.54) is 35.8 Å². The van der Waals surface area contributed by atoms with E-state index in [1.807, 2.05) is 18.4 Å². The van der Waals surface area contributed by atoms with Crippen molar-refractivity contribution in [1.29, 1.82) is 0 Å². The van der Waals surface area contributed by atoms with Gasteiger partial charge in [0.05, 0.1) is 18.3 Å². The van der Waals surface area contributed by atoms with Gasteiger partial charge in [-0.3, -0.25) is 14.5 Å². The van der Waals surface area contributed by atoms with Gasteiger partial charge in [-0.2, -0.15) is 4.37 Å². The highest BCUT2D eigenvalue weighted by molar-refractivity contribution is 7.09. The second-order valence-electron chi connectivity index (χ2n) is 8.17. The predicted molar refractivity (Wildman–Crippen MR) is 113 cm³/mol. The molecule has 32 heavy (non-hydrogen) atoms. The molecule has 2 aromatic heterocycles. The monoisotopic (exact) mass is 454 g/mol. The number of carbonyl (C=O) groups excluding carboxylic acids is 2. The van der Waals surface area contributed by atoms with Gasteiger partial charge in [-0.15, -0.1) is 0 Å². The van der Waals surface area contributed by atoms with Crippen molar-refractivity contribution in [2.75, 3.05) is 18.0 Å². The van der Waals surface area contributed by atoms with E-state index in [1.54, 1.807) is 9.80 Å². The summed E-state index contributed by atoms with van der Waals surface area (Å²) in [5.74, 6) is 1.16. The molecule has 0 saturated carbocycles. The highest BCUT2D eigenvalue weighted by atomic mass is 32.1. The summed E-state index contributed by atoms with van der Waals surface area (Å²) >= 11 is 1.26. The summed E-state index contributed by atoms with van der Waals surface area (Å²) in [7, 11) is 0. The van der Waals surface area contributed by atoms with Crippen LogP contribution in [0.2, 0.25) is 0 Å². The third kappa shape index (κ3) is 2.88. The molecule has 0 spiro atoms. The molecule has 2 fully saturated rings. The lowest BCUT2D eigenvalue weighted by atomic mass is 10.1. The number of hydrogen-bond donors (Lipinski definition) is 0. The SMILES string of the molecule is Cc1nsc(-c2nc(N3CC4OC4C3=O)c3n2CCN(C(=O)c2ccc(F)cc2)[C@@H]3C)n1. The molecule has 0 N–H and O–H groups in total. The molecule has 0 radical (unpaired) electrons. The van der Waals surface area contributed by atoms with Gasteiger partial charge in [0.1, 0.15) is 17.7 Å². The lowest BCUT2D eigenvalue weighted by Crippen LogP contribution is -2.42. The number of hydrogen-bond acceptors (Lipinski definition) is 7. The molecule has 3 atom stereocenters. The zero-order valence-electron chi connectivity index (χ0n) is 17.4. The molecule has 1 aromatic carbocycles. The van der Waals surface area contributed by atoms with Gasteiger partial charge in [0, 0.05) is 18.7 Å². The Hall–Kier alpha value is -3.18. The molecular formula is C21H19FN6O3S. The predicted octanol–water partition coefficient (Wildman–Crippen LogP) is 2.18. The molecule has 9 nitrogen and oxygen atoms in total. The molecule has 0 aliphatic carbocycles. The van der Waals surface area contributed by atoms with Gasteiger partial charge in [0.15, 0.2) is 22.8 Å². The number of nitrogens with zero attached hydrogens (tertiary/aromatic N) is 6. The maximum atomic E-state index is 13.3. The average Bonchev–Trinajstić information content (AvgIpc) is 3.08. The Bertz CT molecular complexity index is 1250. The van der Waals surface area contributed by atoms with E-state index in [0.29, 0.717) is 47.7 Å². The molecule has 2 amide bonds. The number of fused-ring (bicyclic) bond motifs is 2. The quantitative estimate of drug-likeness (QED) is 0.563. The molecule has 3 aromatic rings. The third-order valence-electron chi connectivity index (χ3n) is 6.20. The number of morpholine rings is 1. The number of amides is 2. The van der Waals surface area contributed by atoms with E-state index in [2.05, 4.69) is 9.36 Å². The van der Waals surface area contributed by atoms with Crippen molar-refractivity contribution in [2.45, 2.75) is 38.6 Å². The summed E-state index contributed by atoms with van der Waals surface area (Å²) in [4.78, 5) is 38.7. The van der Waals surface area contributed by atoms with Crippen molar-refractivity contribution in [1.82, 2.24) is 23.8 Å². The first-order chi connectivity index (χ1) is 15.4. The zero-order valence-corrected chi connectivity index (χ0v) is 18.2. The maximum absolute atomic E-state index is 13.3. The van der Waals surface area contributed by atoms with E-state index in [-0.39, 0.29) is 29.8 Å². The number of benzene rings is 1. The van der Waals surface area contributed by atoms with Crippen LogP contribution < -0.4 is 4.90 Å². The first-order valence-electron chi connectivity index (χ1n) is 10.4. The molecule has 164 valence electrons. The van der Waals surface area contributed by atoms with Crippen LogP contribution in [0.3, 0.4) is 0 Å². The van der Waals surface area contributed by atoms with Gasteiger partial charge in [-0.1, -0.05) is 0 Å². The highest BCUT2D eigenvalue weighted by Crippen LogP contribution is 2.42. The van der Waals surface area contributed by atoms with Crippen LogP contribution in [0.1, 0.15) is 34.8 Å². The lowest BCUT2D eigenvalue weighted by Gasteiger charge is -2.36. The molecule has 3 aliphatic rings. The number of anilines is 1. The van der Waals surface area contributed by atoms with Crippen molar-refractivity contribution in [3.05, 3.63) is 47.2 Å². The second kappa shape index (κ2) is 6.91. The first kappa shape index (κ1) is 19.5. The largest absolute Gasteiger partial charge is 0.357 e. The van der Waals surface area contributed by atoms with Crippen molar-refractivity contribution < 1.29 is 18.7 Å². The number of rotatable bonds is 3. The van der Waals surface area contributed by atoms with E-state index < -0.39 is 6.10 Å². The summed E-state index contributed by atoms with van der Waals surface area (Å²) < 4.78 is 25.0. The second-order valence-corrected chi connectivity index (χ2v) is 8.92. The van der Waals surface area contributed by atoms with Crippen LogP contribution in [0.4, 0.5) is 10.2 Å². The Balaban J connectivity index is 1.43. The molecule has 5 heterocycles. The number of halogens is 1. The Morgan fingerprint density at radius 2 is 2.00 bits per heavy atom. The maximum Gasteiger partial charge on any atom is 0.260 e. The number of aryl methyl sites for hydroxylation is 1. The Labute approximate surface area is 186 Å². The normalized spacial score (nSPS) is 24.0. The summed E-state index contributed by atoms with van der Waals surface area (Å²) in [6.07, 6.45) is -0.488. The number of aromatic nitrogens is 4. The van der Waals surface area contributed by atoms with Gasteiger partial charge >= 0.3 is 0 Å². The minimum Gasteiger partial charge on any atom is -0.357 e. The summed E-state index contributed by atoms with van der Waals surface area (Å²) in [5, 5.41) is 0.675. The first-order valence-corrected chi connectivity index (χ1v) is 11.1. The van der Waals surface area contributed by atoms with Crippen molar-refractivity contribution in [3.8, 4) is 10.8 Å². The average molecular weight is 454 g/mol. The lowest BCUT2D eigenvalue weighted by molar-refractivity contribution is -0.119. The highest BCUT2D eigenvalue weighted by Gasteiger charge is 2.56. The van der Waals surface area contributed by atoms with Gasteiger partial charge < -0.3 is 14.2 Å². The molecule has 3 aliphatic heterocycles. The number of imidazole rings is 1. The van der Waals surface area contributed by atoms with Crippen molar-refractivity contribution in [2.24, 2.45) is 0 Å². The molecule has 2 unspecified atom stereocenters. The smallest absolute Gasteiger partial charge is 0.260 e. The van der Waals surface area contributed by atoms with E-state index in [9.17, 15) is 14.0 Å². The summed E-state index contributed by atoms with van der Waals surface area (Å²) in [6, 6.07) is 5.19. The van der Waals surface area contributed by atoms with Crippen molar-refractivity contribution in [3.63, 3.8) is 0 Å². The standard InChI is InChI=1S/C21H19FN6O3S/c1-10-15-17(28-9-14-16(31-14)21(28)30)24-18(19-23-11(2)25-32-19)27(15)8-7-26(10)20(29)12-3-5-13(22)6-4-12/h3-6,10,14,16H,7-9H2,1-2H3/t10-,14?,16?/m1/s1. The fraction of sp³-hybridized carbons (Fsp3) is 0.381. The summed E-state index contributed by atoms with van der Waals surface area (Å²) in [6.45, 7) is 5.14.